The summed E-state index contributed by atoms with van der Waals surface area (Å²) in [5, 5.41) is 36.5. The van der Waals surface area contributed by atoms with Crippen LogP contribution in [0.1, 0.15) is 121 Å². The van der Waals surface area contributed by atoms with Crippen molar-refractivity contribution >= 4 is 40.8 Å². The zero-order chi connectivity index (χ0) is 45.7. The quantitative estimate of drug-likeness (QED) is 0.0380. The van der Waals surface area contributed by atoms with Crippen LogP contribution >= 0.6 is 0 Å². The van der Waals surface area contributed by atoms with Gasteiger partial charge in [-0.15, -0.1) is 0 Å². The number of unbranched alkanes of at least 4 members (excludes halogenated alkanes) is 2. The van der Waals surface area contributed by atoms with Crippen LogP contribution in [-0.4, -0.2) is 85.4 Å². The Labute approximate surface area is 370 Å². The number of aromatic nitrogens is 2. The number of aliphatic hydroxyl groups is 2. The van der Waals surface area contributed by atoms with E-state index < -0.39 is 53.3 Å². The standard InChI is InChI=1S/C48H68FN5O7S/c1-6-7-8-9-10-11-12-13-14-15-16-17-18-19-20-21-22-26-43(57)50-33-24-23-25-42(47(59)60)51-44(58)35-40(56)34-39(55)31-32-41-45(36(2)3)52-48(54(4)62(5)61)53-46(41)37-27-29-38(49)30-28-37/h7-8,10-11,13-14,16-17,19-20,27-32,36,39-40,42,55-56H,6,9,12,15,18,21-26,33-35H2,1-5H3,(H,50,57)(H,51,58)(H,59,60)/b8-7-,11-10-,14-13-,17-16-,20-19-,32-31+. The summed E-state index contributed by atoms with van der Waals surface area (Å²) < 4.78 is 27.5. The van der Waals surface area contributed by atoms with E-state index in [1.807, 2.05) is 13.8 Å². The second-order valence-corrected chi connectivity index (χ2v) is 16.6. The van der Waals surface area contributed by atoms with Crippen LogP contribution in [0, 0.1) is 5.82 Å². The molecule has 1 heterocycles. The summed E-state index contributed by atoms with van der Waals surface area (Å²) in [6.07, 6.45) is 30.7. The number of nitrogens with one attached hydrogen (secondary N) is 2. The maximum atomic E-state index is 13.8. The van der Waals surface area contributed by atoms with Crippen LogP contribution in [0.3, 0.4) is 0 Å². The molecule has 0 aliphatic heterocycles. The summed E-state index contributed by atoms with van der Waals surface area (Å²) in [4.78, 5) is 46.1. The van der Waals surface area contributed by atoms with Crippen molar-refractivity contribution in [1.29, 1.82) is 0 Å². The summed E-state index contributed by atoms with van der Waals surface area (Å²) in [5.74, 6) is -2.30. The monoisotopic (exact) mass is 877 g/mol. The molecule has 0 radical (unpaired) electrons. The molecular weight excluding hydrogens is 810 g/mol. The Hall–Kier alpha value is -5.05. The fourth-order valence-electron chi connectivity index (χ4n) is 6.07. The first kappa shape index (κ1) is 53.1. The molecular formula is C48H68FN5O7S. The highest BCUT2D eigenvalue weighted by Crippen LogP contribution is 2.31. The molecule has 0 aliphatic rings. The summed E-state index contributed by atoms with van der Waals surface area (Å²) in [7, 11) is 0.178. The third-order valence-corrected chi connectivity index (χ3v) is 10.5. The summed E-state index contributed by atoms with van der Waals surface area (Å²) >= 11 is 0. The number of hydrogen-bond donors (Lipinski definition) is 5. The lowest BCUT2D eigenvalue weighted by Crippen LogP contribution is -2.42. The second-order valence-electron chi connectivity index (χ2n) is 15.2. The van der Waals surface area contributed by atoms with Crippen LogP contribution in [0.25, 0.3) is 17.3 Å². The number of allylic oxidation sites excluding steroid dienone is 10. The highest BCUT2D eigenvalue weighted by atomic mass is 32.2. The van der Waals surface area contributed by atoms with Crippen LogP contribution in [0.15, 0.2) is 91.1 Å². The third kappa shape index (κ3) is 22.2. The maximum Gasteiger partial charge on any atom is 0.326 e. The molecule has 0 saturated heterocycles. The average molecular weight is 878 g/mol. The Morgan fingerprint density at radius 3 is 2.02 bits per heavy atom. The largest absolute Gasteiger partial charge is 0.480 e. The molecule has 2 amide bonds. The first-order chi connectivity index (χ1) is 29.7. The second kappa shape index (κ2) is 30.9. The van der Waals surface area contributed by atoms with Crippen LogP contribution in [0.4, 0.5) is 10.3 Å². The Morgan fingerprint density at radius 2 is 1.45 bits per heavy atom. The van der Waals surface area contributed by atoms with E-state index >= 15 is 0 Å². The molecule has 14 heteroatoms. The molecule has 1 aromatic heterocycles. The lowest BCUT2D eigenvalue weighted by atomic mass is 9.97. The van der Waals surface area contributed by atoms with Crippen molar-refractivity contribution in [3.8, 4) is 11.3 Å². The smallest absolute Gasteiger partial charge is 0.326 e. The van der Waals surface area contributed by atoms with Crippen molar-refractivity contribution in [3.63, 3.8) is 0 Å². The zero-order valence-electron chi connectivity index (χ0n) is 37.0. The van der Waals surface area contributed by atoms with E-state index in [1.54, 1.807) is 25.3 Å². The number of anilines is 1. The van der Waals surface area contributed by atoms with Gasteiger partial charge in [0, 0.05) is 43.8 Å². The number of halogens is 1. The first-order valence-corrected chi connectivity index (χ1v) is 23.1. The minimum Gasteiger partial charge on any atom is -0.480 e. The number of hydrogen-bond acceptors (Lipinski definition) is 8. The number of rotatable bonds is 30. The van der Waals surface area contributed by atoms with E-state index in [2.05, 4.69) is 88.3 Å². The Morgan fingerprint density at radius 1 is 0.855 bits per heavy atom. The van der Waals surface area contributed by atoms with Crippen molar-refractivity contribution in [2.45, 2.75) is 128 Å². The first-order valence-electron chi connectivity index (χ1n) is 21.6. The number of benzene rings is 1. The summed E-state index contributed by atoms with van der Waals surface area (Å²) in [6, 6.07) is 4.54. The molecule has 4 unspecified atom stereocenters. The molecule has 0 fully saturated rings. The fourth-order valence-corrected chi connectivity index (χ4v) is 6.39. The number of aliphatic carboxylic acids is 1. The predicted octanol–water partition coefficient (Wildman–Crippen LogP) is 8.43. The number of carbonyl (C=O) groups excluding carboxylic acids is 2. The van der Waals surface area contributed by atoms with Crippen molar-refractivity contribution in [2.75, 3.05) is 24.2 Å². The predicted molar refractivity (Wildman–Crippen MR) is 249 cm³/mol. The Balaban J connectivity index is 1.75. The molecule has 0 bridgehead atoms. The van der Waals surface area contributed by atoms with E-state index in [4.69, 9.17) is 0 Å². The Kier molecular flexibility index (Phi) is 26.5. The summed E-state index contributed by atoms with van der Waals surface area (Å²) in [6.45, 7) is 6.35. The van der Waals surface area contributed by atoms with Gasteiger partial charge in [-0.25, -0.2) is 23.4 Å². The molecule has 2 rings (SSSR count). The van der Waals surface area contributed by atoms with Crippen molar-refractivity contribution in [3.05, 3.63) is 108 Å². The molecule has 0 aliphatic carbocycles. The molecule has 12 nitrogen and oxygen atoms in total. The molecule has 340 valence electrons. The van der Waals surface area contributed by atoms with Gasteiger partial charge in [-0.2, -0.15) is 0 Å². The normalized spacial score (nSPS) is 14.2. The van der Waals surface area contributed by atoms with E-state index in [0.29, 0.717) is 48.3 Å². The van der Waals surface area contributed by atoms with Crippen LogP contribution in [0.2, 0.25) is 0 Å². The van der Waals surface area contributed by atoms with Crippen LogP contribution in [-0.2, 0) is 25.4 Å². The van der Waals surface area contributed by atoms with Gasteiger partial charge in [0.2, 0.25) is 17.8 Å². The summed E-state index contributed by atoms with van der Waals surface area (Å²) in [5.41, 5.74) is 2.12. The molecule has 62 heavy (non-hydrogen) atoms. The van der Waals surface area contributed by atoms with Gasteiger partial charge in [0.25, 0.3) is 0 Å². The molecule has 1 aromatic carbocycles. The maximum absolute atomic E-state index is 13.8. The minimum absolute atomic E-state index is 0.0648. The molecule has 4 atom stereocenters. The van der Waals surface area contributed by atoms with Gasteiger partial charge in [-0.1, -0.05) is 93.7 Å². The van der Waals surface area contributed by atoms with E-state index in [0.717, 1.165) is 44.9 Å². The van der Waals surface area contributed by atoms with Gasteiger partial charge < -0.3 is 26.0 Å². The molecule has 0 spiro atoms. The van der Waals surface area contributed by atoms with Crippen molar-refractivity contribution in [1.82, 2.24) is 20.6 Å². The minimum atomic E-state index is -1.42. The SMILES string of the molecule is CC/C=C\C/C=C\C/C=C\C/C=C\C/C=C\CCCC(=O)NCCCCC(NC(=O)CC(O)CC(O)/C=C/c1c(-c2ccc(F)cc2)nc(N(C)S(C)=O)nc1C(C)C)C(=O)O. The number of amides is 2. The zero-order valence-corrected chi connectivity index (χ0v) is 37.9. The number of carbonyl (C=O) groups is 3. The Bertz CT molecular complexity index is 1880. The molecule has 5 N–H and O–H groups in total. The van der Waals surface area contributed by atoms with E-state index in [-0.39, 0.29) is 30.6 Å². The van der Waals surface area contributed by atoms with Gasteiger partial charge in [-0.3, -0.25) is 13.9 Å². The van der Waals surface area contributed by atoms with Gasteiger partial charge in [0.1, 0.15) is 22.8 Å². The van der Waals surface area contributed by atoms with Gasteiger partial charge in [0.05, 0.1) is 30.0 Å². The highest BCUT2D eigenvalue weighted by molar-refractivity contribution is 7.85. The van der Waals surface area contributed by atoms with Gasteiger partial charge in [-0.05, 0) is 94.4 Å². The third-order valence-electron chi connectivity index (χ3n) is 9.52. The lowest BCUT2D eigenvalue weighted by Gasteiger charge is -2.20. The average Bonchev–Trinajstić information content (AvgIpc) is 3.22. The highest BCUT2D eigenvalue weighted by Gasteiger charge is 2.23. The van der Waals surface area contributed by atoms with Crippen LogP contribution in [0.5, 0.6) is 0 Å². The van der Waals surface area contributed by atoms with E-state index in [9.17, 15) is 38.3 Å². The van der Waals surface area contributed by atoms with E-state index in [1.165, 1.54) is 28.8 Å². The topological polar surface area (TPSA) is 182 Å². The number of carboxylic acids is 1. The number of nitrogens with zero attached hydrogens (tertiary/aromatic N) is 3. The van der Waals surface area contributed by atoms with Crippen LogP contribution < -0.4 is 14.9 Å². The van der Waals surface area contributed by atoms with Gasteiger partial charge in [0.15, 0.2) is 0 Å². The lowest BCUT2D eigenvalue weighted by molar-refractivity contribution is -0.142. The molecule has 0 saturated carbocycles. The molecule has 2 aromatic rings. The van der Waals surface area contributed by atoms with Crippen molar-refractivity contribution in [2.24, 2.45) is 0 Å². The van der Waals surface area contributed by atoms with Gasteiger partial charge >= 0.3 is 5.97 Å². The fraction of sp³-hybridized carbons (Fsp3) is 0.479. The van der Waals surface area contributed by atoms with Crippen molar-refractivity contribution < 1.29 is 38.3 Å². The number of carboxylic acid groups (broad SMARTS) is 1. The number of aliphatic hydroxyl groups excluding tert-OH is 2.